The lowest BCUT2D eigenvalue weighted by atomic mass is 10.1. The molecule has 21 heavy (non-hydrogen) atoms. The molecule has 0 aliphatic carbocycles. The molecule has 2 heterocycles. The van der Waals surface area contributed by atoms with Crippen LogP contribution in [-0.2, 0) is 17.8 Å². The molecule has 1 aromatic carbocycles. The number of rotatable bonds is 3. The van der Waals surface area contributed by atoms with E-state index in [9.17, 15) is 9.90 Å². The van der Waals surface area contributed by atoms with E-state index < -0.39 is 5.97 Å². The molecule has 0 saturated heterocycles. The summed E-state index contributed by atoms with van der Waals surface area (Å²) in [4.78, 5) is 11.3. The molecule has 1 aliphatic heterocycles. The quantitative estimate of drug-likeness (QED) is 0.918. The summed E-state index contributed by atoms with van der Waals surface area (Å²) in [5.74, 6) is -0.375. The van der Waals surface area contributed by atoms with Crippen molar-refractivity contribution in [2.75, 3.05) is 13.7 Å². The van der Waals surface area contributed by atoms with Gasteiger partial charge in [-0.1, -0.05) is 0 Å². The second-order valence-electron chi connectivity index (χ2n) is 4.61. The summed E-state index contributed by atoms with van der Waals surface area (Å²) in [6, 6.07) is 5.53. The number of aromatic carboxylic acids is 1. The van der Waals surface area contributed by atoms with Crippen LogP contribution in [0.2, 0.25) is 0 Å². The number of halogens is 1. The molecule has 0 fully saturated rings. The maximum absolute atomic E-state index is 11.3. The molecule has 110 valence electrons. The minimum absolute atomic E-state index is 0.0478. The Morgan fingerprint density at radius 1 is 1.52 bits per heavy atom. The third kappa shape index (κ3) is 2.43. The summed E-state index contributed by atoms with van der Waals surface area (Å²) in [6.45, 7) is 0.843. The van der Waals surface area contributed by atoms with Gasteiger partial charge in [0.1, 0.15) is 5.75 Å². The fourth-order valence-electron chi connectivity index (χ4n) is 2.40. The van der Waals surface area contributed by atoms with Crippen LogP contribution in [0.5, 0.6) is 5.75 Å². The molecule has 2 aromatic rings. The molecule has 0 radical (unpaired) electrons. The molecule has 1 aromatic heterocycles. The van der Waals surface area contributed by atoms with E-state index in [1.54, 1.807) is 11.8 Å². The fraction of sp³-hybridized carbons (Fsp3) is 0.286. The van der Waals surface area contributed by atoms with Crippen molar-refractivity contribution in [1.82, 2.24) is 9.78 Å². The third-order valence-electron chi connectivity index (χ3n) is 3.40. The van der Waals surface area contributed by atoms with Crippen molar-refractivity contribution in [2.24, 2.45) is 0 Å². The average Bonchev–Trinajstić information content (AvgIpc) is 2.88. The number of fused-ring (bicyclic) bond motifs is 1. The third-order valence-corrected chi connectivity index (χ3v) is 4.06. The minimum atomic E-state index is -1.04. The summed E-state index contributed by atoms with van der Waals surface area (Å²) in [7, 11) is 1.58. The standard InChI is InChI=1S/C14H13BrN2O4/c1-20-12-6-8(2-3-10(12)15)17-11-4-5-21-7-9(11)13(16-17)14(18)19/h2-3,6H,4-5,7H2,1H3,(H,18,19). The average molecular weight is 353 g/mol. The lowest BCUT2D eigenvalue weighted by Crippen LogP contribution is -2.13. The number of carboxylic acid groups (broad SMARTS) is 1. The van der Waals surface area contributed by atoms with Crippen LogP contribution in [0.15, 0.2) is 22.7 Å². The van der Waals surface area contributed by atoms with E-state index in [0.29, 0.717) is 24.3 Å². The van der Waals surface area contributed by atoms with E-state index in [1.165, 1.54) is 0 Å². The Labute approximate surface area is 129 Å². The maximum Gasteiger partial charge on any atom is 0.356 e. The van der Waals surface area contributed by atoms with Crippen molar-refractivity contribution in [1.29, 1.82) is 0 Å². The first-order valence-corrected chi connectivity index (χ1v) is 7.17. The van der Waals surface area contributed by atoms with Gasteiger partial charge in [0.2, 0.25) is 0 Å². The van der Waals surface area contributed by atoms with E-state index in [4.69, 9.17) is 9.47 Å². The van der Waals surface area contributed by atoms with Gasteiger partial charge in [-0.2, -0.15) is 5.10 Å². The second kappa shape index (κ2) is 5.50. The molecular weight excluding hydrogens is 340 g/mol. The van der Waals surface area contributed by atoms with Gasteiger partial charge in [0.15, 0.2) is 5.69 Å². The zero-order valence-corrected chi connectivity index (χ0v) is 12.9. The summed E-state index contributed by atoms with van der Waals surface area (Å²) >= 11 is 3.40. The number of nitrogens with zero attached hydrogens (tertiary/aromatic N) is 2. The first-order chi connectivity index (χ1) is 10.1. The molecule has 3 rings (SSSR count). The normalized spacial score (nSPS) is 13.8. The van der Waals surface area contributed by atoms with Gasteiger partial charge in [-0.25, -0.2) is 9.48 Å². The highest BCUT2D eigenvalue weighted by Gasteiger charge is 2.26. The van der Waals surface area contributed by atoms with Crippen molar-refractivity contribution in [2.45, 2.75) is 13.0 Å². The summed E-state index contributed by atoms with van der Waals surface area (Å²) < 4.78 is 13.1. The molecule has 0 bridgehead atoms. The SMILES string of the molecule is COc1cc(-n2nc(C(=O)O)c3c2CCOC3)ccc1Br. The molecule has 7 heteroatoms. The zero-order valence-electron chi connectivity index (χ0n) is 11.3. The van der Waals surface area contributed by atoms with Gasteiger partial charge in [-0.3, -0.25) is 0 Å². The lowest BCUT2D eigenvalue weighted by molar-refractivity contribution is 0.0677. The molecule has 0 saturated carbocycles. The van der Waals surface area contributed by atoms with Crippen LogP contribution in [-0.4, -0.2) is 34.6 Å². The smallest absolute Gasteiger partial charge is 0.356 e. The van der Waals surface area contributed by atoms with Crippen LogP contribution in [0.4, 0.5) is 0 Å². The Balaban J connectivity index is 2.16. The van der Waals surface area contributed by atoms with Crippen molar-refractivity contribution in [3.63, 3.8) is 0 Å². The van der Waals surface area contributed by atoms with Crippen LogP contribution in [0, 0.1) is 0 Å². The van der Waals surface area contributed by atoms with E-state index >= 15 is 0 Å². The number of methoxy groups -OCH3 is 1. The zero-order chi connectivity index (χ0) is 15.0. The molecule has 0 atom stereocenters. The number of aromatic nitrogens is 2. The van der Waals surface area contributed by atoms with Gasteiger partial charge >= 0.3 is 5.97 Å². The first-order valence-electron chi connectivity index (χ1n) is 6.37. The van der Waals surface area contributed by atoms with Gasteiger partial charge in [0.25, 0.3) is 0 Å². The first kappa shape index (κ1) is 14.1. The van der Waals surface area contributed by atoms with Crippen LogP contribution in [0.1, 0.15) is 21.7 Å². The fourth-order valence-corrected chi connectivity index (χ4v) is 2.81. The molecular formula is C14H13BrN2O4. The second-order valence-corrected chi connectivity index (χ2v) is 5.47. The highest BCUT2D eigenvalue weighted by molar-refractivity contribution is 9.10. The number of benzene rings is 1. The van der Waals surface area contributed by atoms with Gasteiger partial charge in [-0.15, -0.1) is 0 Å². The number of hydrogen-bond acceptors (Lipinski definition) is 4. The number of hydrogen-bond donors (Lipinski definition) is 1. The lowest BCUT2D eigenvalue weighted by Gasteiger charge is -2.15. The summed E-state index contributed by atoms with van der Waals surface area (Å²) in [5.41, 5.74) is 2.34. The van der Waals surface area contributed by atoms with Crippen LogP contribution in [0.25, 0.3) is 5.69 Å². The van der Waals surface area contributed by atoms with E-state index in [0.717, 1.165) is 15.9 Å². The predicted molar refractivity (Wildman–Crippen MR) is 78.1 cm³/mol. The molecule has 6 nitrogen and oxygen atoms in total. The predicted octanol–water partition coefficient (Wildman–Crippen LogP) is 2.41. The van der Waals surface area contributed by atoms with Crippen LogP contribution in [0.3, 0.4) is 0 Å². The van der Waals surface area contributed by atoms with E-state index in [1.807, 2.05) is 18.2 Å². The Morgan fingerprint density at radius 3 is 3.05 bits per heavy atom. The number of ether oxygens (including phenoxy) is 2. The maximum atomic E-state index is 11.3. The monoisotopic (exact) mass is 352 g/mol. The summed E-state index contributed by atoms with van der Waals surface area (Å²) in [6.07, 6.45) is 0.633. The highest BCUT2D eigenvalue weighted by atomic mass is 79.9. The van der Waals surface area contributed by atoms with Crippen molar-refractivity contribution >= 4 is 21.9 Å². The van der Waals surface area contributed by atoms with Crippen molar-refractivity contribution in [3.05, 3.63) is 39.6 Å². The largest absolute Gasteiger partial charge is 0.495 e. The molecule has 0 unspecified atom stereocenters. The van der Waals surface area contributed by atoms with E-state index in [2.05, 4.69) is 21.0 Å². The summed E-state index contributed by atoms with van der Waals surface area (Å²) in [5, 5.41) is 13.5. The van der Waals surface area contributed by atoms with Crippen LogP contribution < -0.4 is 4.74 Å². The van der Waals surface area contributed by atoms with Crippen LogP contribution >= 0.6 is 15.9 Å². The van der Waals surface area contributed by atoms with Gasteiger partial charge in [0, 0.05) is 18.1 Å². The Kier molecular flexibility index (Phi) is 3.69. The Bertz CT molecular complexity index is 711. The topological polar surface area (TPSA) is 73.6 Å². The van der Waals surface area contributed by atoms with Crippen molar-refractivity contribution < 1.29 is 19.4 Å². The molecule has 1 N–H and O–H groups in total. The van der Waals surface area contributed by atoms with Crippen molar-refractivity contribution in [3.8, 4) is 11.4 Å². The van der Waals surface area contributed by atoms with Gasteiger partial charge in [-0.05, 0) is 28.1 Å². The minimum Gasteiger partial charge on any atom is -0.495 e. The molecule has 1 aliphatic rings. The van der Waals surface area contributed by atoms with Gasteiger partial charge in [0.05, 0.1) is 36.2 Å². The van der Waals surface area contributed by atoms with Gasteiger partial charge < -0.3 is 14.6 Å². The molecule has 0 amide bonds. The number of carbonyl (C=O) groups is 1. The number of carboxylic acids is 1. The van der Waals surface area contributed by atoms with E-state index in [-0.39, 0.29) is 12.3 Å². The Morgan fingerprint density at radius 2 is 2.33 bits per heavy atom. The molecule has 0 spiro atoms. The Hall–Kier alpha value is -1.86. The highest BCUT2D eigenvalue weighted by Crippen LogP contribution is 2.30.